The van der Waals surface area contributed by atoms with Gasteiger partial charge in [-0.25, -0.2) is 10.4 Å². The molecule has 1 aromatic heterocycles. The fourth-order valence-corrected chi connectivity index (χ4v) is 3.33. The first-order valence-electron chi connectivity index (χ1n) is 9.45. The number of hydrogen-bond donors (Lipinski definition) is 3. The maximum absolute atomic E-state index is 13.0. The molecule has 0 radical (unpaired) electrons. The summed E-state index contributed by atoms with van der Waals surface area (Å²) in [4.78, 5) is 17.7. The summed E-state index contributed by atoms with van der Waals surface area (Å²) in [6.45, 7) is 1.62. The van der Waals surface area contributed by atoms with Crippen molar-refractivity contribution in [2.24, 2.45) is 5.10 Å². The van der Waals surface area contributed by atoms with Gasteiger partial charge in [0, 0.05) is 21.5 Å². The molecule has 0 saturated heterocycles. The molecule has 0 fully saturated rings. The van der Waals surface area contributed by atoms with Gasteiger partial charge in [-0.1, -0.05) is 41.9 Å². The van der Waals surface area contributed by atoms with Crippen LogP contribution in [0.3, 0.4) is 0 Å². The Morgan fingerprint density at radius 1 is 0.968 bits per heavy atom. The average molecular weight is 432 g/mol. The lowest BCUT2D eigenvalue weighted by molar-refractivity contribution is 0.0956. The van der Waals surface area contributed by atoms with Crippen molar-refractivity contribution in [1.29, 1.82) is 0 Å². The van der Waals surface area contributed by atoms with Crippen molar-refractivity contribution in [3.8, 4) is 22.8 Å². The highest BCUT2D eigenvalue weighted by molar-refractivity contribution is 6.30. The molecule has 4 rings (SSSR count). The van der Waals surface area contributed by atoms with E-state index in [2.05, 4.69) is 15.5 Å². The number of hydrogen-bond acceptors (Lipinski definition) is 5. The molecule has 31 heavy (non-hydrogen) atoms. The number of carbonyl (C=O) groups excluding carboxylic acids is 1. The van der Waals surface area contributed by atoms with Crippen LogP contribution in [-0.4, -0.2) is 26.8 Å². The van der Waals surface area contributed by atoms with Gasteiger partial charge in [0.05, 0.1) is 22.5 Å². The normalized spacial score (nSPS) is 11.5. The van der Waals surface area contributed by atoms with Gasteiger partial charge in [0.1, 0.15) is 11.5 Å². The van der Waals surface area contributed by atoms with E-state index in [1.807, 2.05) is 36.4 Å². The minimum Gasteiger partial charge on any atom is -0.508 e. The number of nitrogens with one attached hydrogen (secondary N) is 1. The Balaban J connectivity index is 1.71. The lowest BCUT2D eigenvalue weighted by Gasteiger charge is -2.10. The molecular formula is C24H18ClN3O3. The van der Waals surface area contributed by atoms with Crippen LogP contribution >= 0.6 is 11.6 Å². The number of phenolic OH excluding ortho intramolecular Hbond substituents is 2. The maximum Gasteiger partial charge on any atom is 0.272 e. The Labute approximate surface area is 183 Å². The standard InChI is InChI=1S/C24H18ClN3O3/c1-14(19-12-17(29)10-11-23(19)30)27-28-24(31)20-13-22(15-6-8-16(25)9-7-15)26-21-5-3-2-4-18(20)21/h2-13,29-30H,1H3,(H,28,31). The molecule has 6 nitrogen and oxygen atoms in total. The van der Waals surface area contributed by atoms with Gasteiger partial charge in [-0.05, 0) is 49.4 Å². The molecule has 3 aromatic carbocycles. The quantitative estimate of drug-likeness (QED) is 0.237. The molecule has 7 heteroatoms. The minimum absolute atomic E-state index is 0.0126. The van der Waals surface area contributed by atoms with Crippen molar-refractivity contribution in [1.82, 2.24) is 10.4 Å². The van der Waals surface area contributed by atoms with Gasteiger partial charge in [0.25, 0.3) is 5.91 Å². The second-order valence-electron chi connectivity index (χ2n) is 6.92. The molecule has 0 saturated carbocycles. The van der Waals surface area contributed by atoms with E-state index < -0.39 is 5.91 Å². The molecule has 0 aliphatic carbocycles. The van der Waals surface area contributed by atoms with Crippen LogP contribution in [0.15, 0.2) is 77.9 Å². The minimum atomic E-state index is -0.423. The van der Waals surface area contributed by atoms with Gasteiger partial charge in [-0.3, -0.25) is 4.79 Å². The number of para-hydroxylation sites is 1. The van der Waals surface area contributed by atoms with Crippen molar-refractivity contribution in [2.45, 2.75) is 6.92 Å². The van der Waals surface area contributed by atoms with Crippen molar-refractivity contribution >= 4 is 34.1 Å². The number of rotatable bonds is 4. The van der Waals surface area contributed by atoms with Crippen LogP contribution in [0.25, 0.3) is 22.2 Å². The lowest BCUT2D eigenvalue weighted by Crippen LogP contribution is -2.20. The fraction of sp³-hybridized carbons (Fsp3) is 0.0417. The summed E-state index contributed by atoms with van der Waals surface area (Å²) in [7, 11) is 0. The van der Waals surface area contributed by atoms with E-state index in [9.17, 15) is 15.0 Å². The largest absolute Gasteiger partial charge is 0.508 e. The zero-order valence-electron chi connectivity index (χ0n) is 16.5. The number of aromatic hydroxyl groups is 2. The topological polar surface area (TPSA) is 94.8 Å². The van der Waals surface area contributed by atoms with Crippen LogP contribution < -0.4 is 5.43 Å². The Morgan fingerprint density at radius 2 is 1.71 bits per heavy atom. The molecule has 0 atom stereocenters. The highest BCUT2D eigenvalue weighted by atomic mass is 35.5. The second-order valence-corrected chi connectivity index (χ2v) is 7.36. The number of benzene rings is 3. The number of nitrogens with zero attached hydrogens (tertiary/aromatic N) is 2. The average Bonchev–Trinajstić information content (AvgIpc) is 2.78. The smallest absolute Gasteiger partial charge is 0.272 e. The molecule has 154 valence electrons. The maximum atomic E-state index is 13.0. The third kappa shape index (κ3) is 4.34. The molecule has 1 amide bonds. The predicted octanol–water partition coefficient (Wildman–Crippen LogP) is 5.12. The van der Waals surface area contributed by atoms with Gasteiger partial charge in [0.2, 0.25) is 0 Å². The second kappa shape index (κ2) is 8.45. The van der Waals surface area contributed by atoms with Crippen LogP contribution in [0.1, 0.15) is 22.8 Å². The number of aromatic nitrogens is 1. The molecule has 1 heterocycles. The predicted molar refractivity (Wildman–Crippen MR) is 122 cm³/mol. The summed E-state index contributed by atoms with van der Waals surface area (Å²) in [5.74, 6) is -0.484. The van der Waals surface area contributed by atoms with E-state index >= 15 is 0 Å². The van der Waals surface area contributed by atoms with E-state index in [-0.39, 0.29) is 11.5 Å². The number of hydrazone groups is 1. The van der Waals surface area contributed by atoms with Gasteiger partial charge in [0.15, 0.2) is 0 Å². The molecule has 0 aliphatic rings. The van der Waals surface area contributed by atoms with Gasteiger partial charge in [-0.2, -0.15) is 5.10 Å². The monoisotopic (exact) mass is 431 g/mol. The number of pyridine rings is 1. The third-order valence-corrected chi connectivity index (χ3v) is 5.05. The van der Waals surface area contributed by atoms with E-state index in [0.717, 1.165) is 5.56 Å². The summed E-state index contributed by atoms with van der Waals surface area (Å²) in [5, 5.41) is 25.0. The van der Waals surface area contributed by atoms with Crippen molar-refractivity contribution in [3.63, 3.8) is 0 Å². The molecule has 0 aliphatic heterocycles. The van der Waals surface area contributed by atoms with Gasteiger partial charge in [-0.15, -0.1) is 0 Å². The summed E-state index contributed by atoms with van der Waals surface area (Å²) in [6.07, 6.45) is 0. The van der Waals surface area contributed by atoms with E-state index in [1.54, 1.807) is 25.1 Å². The molecule has 0 spiro atoms. The van der Waals surface area contributed by atoms with E-state index in [4.69, 9.17) is 11.6 Å². The molecular weight excluding hydrogens is 414 g/mol. The molecule has 3 N–H and O–H groups in total. The van der Waals surface area contributed by atoms with Crippen LogP contribution in [0.4, 0.5) is 0 Å². The Morgan fingerprint density at radius 3 is 2.48 bits per heavy atom. The zero-order chi connectivity index (χ0) is 22.0. The SMILES string of the molecule is CC(=NNC(=O)c1cc(-c2ccc(Cl)cc2)nc2ccccc12)c1cc(O)ccc1O. The van der Waals surface area contributed by atoms with Gasteiger partial charge < -0.3 is 10.2 Å². The van der Waals surface area contributed by atoms with Crippen LogP contribution in [0.5, 0.6) is 11.5 Å². The Hall–Kier alpha value is -3.90. The van der Waals surface area contributed by atoms with Gasteiger partial charge >= 0.3 is 0 Å². The fourth-order valence-electron chi connectivity index (χ4n) is 3.20. The van der Waals surface area contributed by atoms with Crippen LogP contribution in [0.2, 0.25) is 5.02 Å². The third-order valence-electron chi connectivity index (χ3n) is 4.80. The summed E-state index contributed by atoms with van der Waals surface area (Å²) < 4.78 is 0. The molecule has 0 unspecified atom stereocenters. The molecule has 4 aromatic rings. The van der Waals surface area contributed by atoms with Crippen molar-refractivity contribution in [3.05, 3.63) is 88.9 Å². The van der Waals surface area contributed by atoms with Crippen LogP contribution in [0, 0.1) is 0 Å². The Bertz CT molecular complexity index is 1320. The number of carbonyl (C=O) groups is 1. The first-order chi connectivity index (χ1) is 14.9. The van der Waals surface area contributed by atoms with E-state index in [1.165, 1.54) is 18.2 Å². The van der Waals surface area contributed by atoms with Crippen molar-refractivity contribution < 1.29 is 15.0 Å². The first kappa shape index (κ1) is 20.4. The summed E-state index contributed by atoms with van der Waals surface area (Å²) >= 11 is 5.99. The van der Waals surface area contributed by atoms with Crippen molar-refractivity contribution in [2.75, 3.05) is 0 Å². The van der Waals surface area contributed by atoms with Crippen LogP contribution in [-0.2, 0) is 0 Å². The number of phenols is 2. The lowest BCUT2D eigenvalue weighted by atomic mass is 10.0. The Kier molecular flexibility index (Phi) is 5.56. The highest BCUT2D eigenvalue weighted by Crippen LogP contribution is 2.26. The zero-order valence-corrected chi connectivity index (χ0v) is 17.3. The number of halogens is 1. The highest BCUT2D eigenvalue weighted by Gasteiger charge is 2.14. The summed E-state index contributed by atoms with van der Waals surface area (Å²) in [6, 6.07) is 20.4. The first-order valence-corrected chi connectivity index (χ1v) is 9.83. The van der Waals surface area contributed by atoms with E-state index in [0.29, 0.717) is 38.5 Å². The number of fused-ring (bicyclic) bond motifs is 1. The molecule has 0 bridgehead atoms. The summed E-state index contributed by atoms with van der Waals surface area (Å²) in [5.41, 5.74) is 5.74. The number of amides is 1.